The Kier molecular flexibility index (Phi) is 7.84. The van der Waals surface area contributed by atoms with Crippen LogP contribution in [-0.2, 0) is 36.9 Å². The number of phosphoric ester groups is 1. The van der Waals surface area contributed by atoms with Crippen molar-refractivity contribution >= 4 is 57.7 Å². The maximum atomic E-state index is 16.0. The molecule has 24 heteroatoms. The number of alkyl halides is 1. The van der Waals surface area contributed by atoms with Crippen molar-refractivity contribution in [2.75, 3.05) is 31.8 Å². The summed E-state index contributed by atoms with van der Waals surface area (Å²) >= 11 is 0. The Morgan fingerprint density at radius 1 is 1.09 bits per heavy atom. The van der Waals surface area contributed by atoms with Crippen molar-refractivity contribution < 1.29 is 46.2 Å². The number of halogens is 1. The maximum Gasteiger partial charge on any atom is 0.472 e. The zero-order chi connectivity index (χ0) is 31.6. The highest BCUT2D eigenvalue weighted by molar-refractivity contribution is 7.74. The van der Waals surface area contributed by atoms with Crippen LogP contribution >= 0.6 is 16.1 Å². The Morgan fingerprint density at radius 3 is 2.60 bits per heavy atom. The van der Waals surface area contributed by atoms with Gasteiger partial charge in [0.15, 0.2) is 41.3 Å². The fourth-order valence-corrected chi connectivity index (χ4v) is 7.50. The SMILES string of the molecule is B[P@]1OCC2O[C@@H](n3cnc4c(N)ncnc43)C(F)[C@H]2OP(=O)(O)OCC2O[C@@H](n3cnc4c(=O)[nH]c(N)nc43)C(O1)[C@H]2OC. The predicted octanol–water partition coefficient (Wildman–Crippen LogP) is -0.951. The highest BCUT2D eigenvalue weighted by Gasteiger charge is 2.53. The Hall–Kier alpha value is -3.17. The molecular weight excluding hydrogens is 644 g/mol. The van der Waals surface area contributed by atoms with Crippen molar-refractivity contribution in [2.24, 2.45) is 0 Å². The smallest absolute Gasteiger partial charge is 0.382 e. The van der Waals surface area contributed by atoms with E-state index in [-0.39, 0.29) is 40.7 Å². The molecule has 3 fully saturated rings. The van der Waals surface area contributed by atoms with E-state index >= 15 is 4.39 Å². The summed E-state index contributed by atoms with van der Waals surface area (Å²) in [6, 6.07) is 0. The molecule has 0 amide bonds. The molecule has 3 saturated heterocycles. The maximum absolute atomic E-state index is 16.0. The first kappa shape index (κ1) is 30.5. The van der Waals surface area contributed by atoms with Gasteiger partial charge in [-0.2, -0.15) is 4.98 Å². The number of rotatable bonds is 3. The van der Waals surface area contributed by atoms with Crippen molar-refractivity contribution in [1.29, 1.82) is 0 Å². The molecule has 3 aliphatic rings. The van der Waals surface area contributed by atoms with E-state index in [2.05, 4.69) is 29.9 Å². The molecule has 0 aromatic carbocycles. The van der Waals surface area contributed by atoms with E-state index < -0.39 is 77.4 Å². The Balaban J connectivity index is 1.19. The molecule has 45 heavy (non-hydrogen) atoms. The molecule has 0 aliphatic carbocycles. The third-order valence-corrected chi connectivity index (χ3v) is 9.60. The summed E-state index contributed by atoms with van der Waals surface area (Å²) in [5.74, 6) is -0.0692. The van der Waals surface area contributed by atoms with Gasteiger partial charge in [-0.15, -0.1) is 0 Å². The molecule has 0 saturated carbocycles. The number of hydrogen-bond acceptors (Lipinski definition) is 16. The lowest BCUT2D eigenvalue weighted by molar-refractivity contribution is -0.0617. The van der Waals surface area contributed by atoms with Crippen LogP contribution in [0.25, 0.3) is 22.3 Å². The second-order valence-electron chi connectivity index (χ2n) is 10.3. The van der Waals surface area contributed by atoms with Crippen LogP contribution in [-0.4, -0.2) is 109 Å². The van der Waals surface area contributed by atoms with Crippen molar-refractivity contribution in [3.8, 4) is 0 Å². The summed E-state index contributed by atoms with van der Waals surface area (Å²) in [4.78, 5) is 45.9. The van der Waals surface area contributed by atoms with Gasteiger partial charge in [0, 0.05) is 7.11 Å². The number of aromatic nitrogens is 8. The summed E-state index contributed by atoms with van der Waals surface area (Å²) in [5, 5.41) is 0. The second-order valence-corrected chi connectivity index (χ2v) is 13.0. The van der Waals surface area contributed by atoms with Gasteiger partial charge in [0.25, 0.3) is 5.56 Å². The van der Waals surface area contributed by atoms with Crippen LogP contribution in [0.2, 0.25) is 0 Å². The third-order valence-electron chi connectivity index (χ3n) is 7.56. The molecule has 7 heterocycles. The van der Waals surface area contributed by atoms with Crippen molar-refractivity contribution in [3.05, 3.63) is 29.3 Å². The molecule has 2 bridgehead atoms. The molecule has 4 aromatic rings. The van der Waals surface area contributed by atoms with E-state index in [1.54, 1.807) is 7.57 Å². The number of hydrogen-bond donors (Lipinski definition) is 4. The first-order valence-electron chi connectivity index (χ1n) is 13.4. The number of H-pyrrole nitrogens is 1. The van der Waals surface area contributed by atoms with E-state index in [0.717, 1.165) is 0 Å². The van der Waals surface area contributed by atoms with Gasteiger partial charge in [0.05, 0.1) is 25.9 Å². The number of methoxy groups -OCH3 is 1. The van der Waals surface area contributed by atoms with Crippen LogP contribution in [0.5, 0.6) is 0 Å². The molecule has 3 aliphatic heterocycles. The molecule has 0 radical (unpaired) electrons. The minimum atomic E-state index is -4.95. The number of anilines is 2. The molecule has 7 rings (SSSR count). The highest BCUT2D eigenvalue weighted by Crippen LogP contribution is 2.52. The van der Waals surface area contributed by atoms with Crippen LogP contribution in [0.1, 0.15) is 12.5 Å². The summed E-state index contributed by atoms with van der Waals surface area (Å²) < 4.78 is 72.5. The molecule has 240 valence electrons. The summed E-state index contributed by atoms with van der Waals surface area (Å²) in [6.45, 7) is -0.844. The van der Waals surface area contributed by atoms with Gasteiger partial charge >= 0.3 is 7.82 Å². The summed E-state index contributed by atoms with van der Waals surface area (Å²) in [7, 11) is -3.66. The first-order valence-corrected chi connectivity index (χ1v) is 16.5. The zero-order valence-corrected chi connectivity index (χ0v) is 25.2. The minimum absolute atomic E-state index is 0.00234. The van der Waals surface area contributed by atoms with Gasteiger partial charge in [-0.1, -0.05) is 0 Å². The predicted molar refractivity (Wildman–Crippen MR) is 153 cm³/mol. The van der Waals surface area contributed by atoms with Gasteiger partial charge in [0.1, 0.15) is 50.6 Å². The third kappa shape index (κ3) is 5.40. The molecule has 0 spiro atoms. The average Bonchev–Trinajstić information content (AvgIpc) is 3.75. The molecule has 5 unspecified atom stereocenters. The average molecular weight is 670 g/mol. The van der Waals surface area contributed by atoms with Gasteiger partial charge in [-0.3, -0.25) is 28.0 Å². The van der Waals surface area contributed by atoms with E-state index in [0.29, 0.717) is 0 Å². The number of nitrogens with one attached hydrogen (secondary N) is 1. The van der Waals surface area contributed by atoms with Gasteiger partial charge in [-0.25, -0.2) is 28.9 Å². The van der Waals surface area contributed by atoms with Crippen molar-refractivity contribution in [2.45, 2.75) is 49.1 Å². The van der Waals surface area contributed by atoms with Crippen LogP contribution in [0.3, 0.4) is 0 Å². The van der Waals surface area contributed by atoms with Gasteiger partial charge in [0.2, 0.25) is 13.5 Å². The second kappa shape index (κ2) is 11.6. The number of nitrogens with zero attached hydrogens (tertiary/aromatic N) is 7. The quantitative estimate of drug-likeness (QED) is 0.151. The van der Waals surface area contributed by atoms with E-state index in [1.807, 2.05) is 0 Å². The number of phosphoric acid groups is 1. The number of nitrogen functional groups attached to an aromatic ring is 2. The zero-order valence-electron chi connectivity index (χ0n) is 23.4. The molecular formula is C21H26BFN10O10P2. The number of fused-ring (bicyclic) bond motifs is 5. The Bertz CT molecular complexity index is 1850. The normalized spacial score (nSPS) is 36.0. The first-order chi connectivity index (χ1) is 21.5. The number of nitrogens with two attached hydrogens (primary N) is 2. The number of imidazole rings is 2. The number of ether oxygens (including phenoxy) is 3. The van der Waals surface area contributed by atoms with E-state index in [9.17, 15) is 14.3 Å². The van der Waals surface area contributed by atoms with Crippen LogP contribution in [0.15, 0.2) is 23.8 Å². The molecule has 4 aromatic heterocycles. The van der Waals surface area contributed by atoms with Crippen molar-refractivity contribution in [1.82, 2.24) is 39.0 Å². The summed E-state index contributed by atoms with van der Waals surface area (Å²) in [6.07, 6.45) is -6.22. The Morgan fingerprint density at radius 2 is 1.82 bits per heavy atom. The molecule has 20 nitrogen and oxygen atoms in total. The van der Waals surface area contributed by atoms with Crippen LogP contribution < -0.4 is 17.0 Å². The standard InChI is InChI=1S/C21H26BFN10O10P2/c1-37-13-8-3-39-45(35,36)43-12-7(40-19(9(12)23)32-5-28-10-15(24)26-4-27-16(10)32)2-38-44(22)42-14(13)20(41-8)33-6-29-11-17(33)30-21(25)31-18(11)34/h4-9,12-14,19-20H,2-3,22H2,1H3,(H,35,36)(H2,24,26,27)(H3,25,30,31,34)/t7?,8?,9?,12-,13-,14?,19+,20+,44+/m0/s1. The van der Waals surface area contributed by atoms with E-state index in [1.165, 1.54) is 35.2 Å². The summed E-state index contributed by atoms with van der Waals surface area (Å²) in [5.41, 5.74) is 11.6. The van der Waals surface area contributed by atoms with Crippen LogP contribution in [0, 0.1) is 0 Å². The lowest BCUT2D eigenvalue weighted by atomic mass is 10.1. The monoisotopic (exact) mass is 670 g/mol. The largest absolute Gasteiger partial charge is 0.472 e. The lowest BCUT2D eigenvalue weighted by Gasteiger charge is -2.27. The highest BCUT2D eigenvalue weighted by atomic mass is 31.2. The molecule has 10 atom stereocenters. The Labute approximate surface area is 253 Å². The van der Waals surface area contributed by atoms with Crippen molar-refractivity contribution in [3.63, 3.8) is 0 Å². The van der Waals surface area contributed by atoms with Gasteiger partial charge < -0.3 is 39.6 Å². The van der Waals surface area contributed by atoms with E-state index in [4.69, 9.17) is 43.8 Å². The fraction of sp³-hybridized carbons (Fsp3) is 0.524. The lowest BCUT2D eigenvalue weighted by Crippen LogP contribution is -2.37. The number of aromatic amines is 1. The topological polar surface area (TPSA) is 261 Å². The van der Waals surface area contributed by atoms with Crippen LogP contribution in [0.4, 0.5) is 16.2 Å². The molecule has 6 N–H and O–H groups in total. The van der Waals surface area contributed by atoms with Gasteiger partial charge in [-0.05, 0) is 0 Å². The minimum Gasteiger partial charge on any atom is -0.382 e. The fourth-order valence-electron chi connectivity index (χ4n) is 5.56.